The third-order valence-electron chi connectivity index (χ3n) is 5.46. The Morgan fingerprint density at radius 1 is 0.958 bits per heavy atom. The zero-order valence-electron chi connectivity index (χ0n) is 14.2. The molecule has 2 aliphatic heterocycles. The van der Waals surface area contributed by atoms with Gasteiger partial charge in [0.2, 0.25) is 5.91 Å². The van der Waals surface area contributed by atoms with Gasteiger partial charge in [-0.05, 0) is 43.6 Å². The minimum absolute atomic E-state index is 0.203. The summed E-state index contributed by atoms with van der Waals surface area (Å²) in [4.78, 5) is 21.8. The molecule has 2 aliphatic rings. The van der Waals surface area contributed by atoms with Gasteiger partial charge in [0, 0.05) is 43.7 Å². The topological polar surface area (TPSA) is 36.4 Å². The van der Waals surface area contributed by atoms with Gasteiger partial charge in [-0.2, -0.15) is 0 Å². The number of nitrogens with zero attached hydrogens (tertiary/aromatic N) is 3. The summed E-state index contributed by atoms with van der Waals surface area (Å²) in [6, 6.07) is 10.5. The standard InChI is InChI=1S/C20H25N3O/c24-20(23-12-4-1-5-13-23)17-9-14-22(15-10-17)19-18-7-3-2-6-16(18)8-11-21-19/h2-3,6-8,11,17H,1,4-5,9-10,12-15H2. The van der Waals surface area contributed by atoms with E-state index in [1.54, 1.807) is 0 Å². The predicted octanol–water partition coefficient (Wildman–Crippen LogP) is 3.46. The maximum absolute atomic E-state index is 12.7. The van der Waals surface area contributed by atoms with Crippen LogP contribution in [0, 0.1) is 5.92 Å². The van der Waals surface area contributed by atoms with Crippen LogP contribution in [-0.4, -0.2) is 42.0 Å². The maximum atomic E-state index is 12.7. The van der Waals surface area contributed by atoms with Gasteiger partial charge < -0.3 is 9.80 Å². The molecule has 4 rings (SSSR count). The van der Waals surface area contributed by atoms with Crippen LogP contribution in [0.1, 0.15) is 32.1 Å². The number of amides is 1. The highest BCUT2D eigenvalue weighted by Gasteiger charge is 2.29. The van der Waals surface area contributed by atoms with E-state index in [4.69, 9.17) is 0 Å². The van der Waals surface area contributed by atoms with E-state index in [-0.39, 0.29) is 5.92 Å². The number of aromatic nitrogens is 1. The summed E-state index contributed by atoms with van der Waals surface area (Å²) in [5.74, 6) is 1.66. The summed E-state index contributed by atoms with van der Waals surface area (Å²) in [5.41, 5.74) is 0. The summed E-state index contributed by atoms with van der Waals surface area (Å²) in [6.45, 7) is 3.77. The number of anilines is 1. The van der Waals surface area contributed by atoms with E-state index in [0.717, 1.165) is 44.8 Å². The van der Waals surface area contributed by atoms with Gasteiger partial charge in [0.05, 0.1) is 0 Å². The molecule has 0 atom stereocenters. The molecule has 1 amide bonds. The van der Waals surface area contributed by atoms with Gasteiger partial charge in [-0.3, -0.25) is 4.79 Å². The zero-order chi connectivity index (χ0) is 16.4. The van der Waals surface area contributed by atoms with Crippen molar-refractivity contribution in [2.75, 3.05) is 31.1 Å². The monoisotopic (exact) mass is 323 g/mol. The Morgan fingerprint density at radius 2 is 1.71 bits per heavy atom. The number of benzene rings is 1. The third-order valence-corrected chi connectivity index (χ3v) is 5.46. The number of hydrogen-bond acceptors (Lipinski definition) is 3. The van der Waals surface area contributed by atoms with Crippen LogP contribution < -0.4 is 4.90 Å². The Labute approximate surface area is 143 Å². The summed E-state index contributed by atoms with van der Waals surface area (Å²) in [6.07, 6.45) is 7.40. The van der Waals surface area contributed by atoms with Gasteiger partial charge in [0.1, 0.15) is 5.82 Å². The maximum Gasteiger partial charge on any atom is 0.225 e. The molecular weight excluding hydrogens is 298 g/mol. The smallest absolute Gasteiger partial charge is 0.225 e. The van der Waals surface area contributed by atoms with Crippen LogP contribution in [0.25, 0.3) is 10.8 Å². The molecule has 1 aromatic heterocycles. The van der Waals surface area contributed by atoms with Crippen LogP contribution in [0.2, 0.25) is 0 Å². The molecule has 0 aliphatic carbocycles. The molecule has 126 valence electrons. The highest BCUT2D eigenvalue weighted by Crippen LogP contribution is 2.29. The molecule has 0 bridgehead atoms. The van der Waals surface area contributed by atoms with Gasteiger partial charge in [0.15, 0.2) is 0 Å². The molecule has 24 heavy (non-hydrogen) atoms. The molecule has 0 radical (unpaired) electrons. The predicted molar refractivity (Wildman–Crippen MR) is 97.1 cm³/mol. The fourth-order valence-corrected chi connectivity index (χ4v) is 4.07. The van der Waals surface area contributed by atoms with Crippen LogP contribution in [0.15, 0.2) is 36.5 Å². The Kier molecular flexibility index (Phi) is 4.37. The number of rotatable bonds is 2. The number of piperidine rings is 2. The summed E-state index contributed by atoms with van der Waals surface area (Å²) in [7, 11) is 0. The van der Waals surface area contributed by atoms with Crippen molar-refractivity contribution in [1.82, 2.24) is 9.88 Å². The number of fused-ring (bicyclic) bond motifs is 1. The van der Waals surface area contributed by atoms with E-state index < -0.39 is 0 Å². The SMILES string of the molecule is O=C(C1CCN(c2nccc3ccccc23)CC1)N1CCCCC1. The fraction of sp³-hybridized carbons (Fsp3) is 0.500. The average molecular weight is 323 g/mol. The summed E-state index contributed by atoms with van der Waals surface area (Å²) >= 11 is 0. The molecule has 1 aromatic carbocycles. The van der Waals surface area contributed by atoms with Crippen molar-refractivity contribution in [3.05, 3.63) is 36.5 Å². The molecule has 3 heterocycles. The molecule has 4 heteroatoms. The summed E-state index contributed by atoms with van der Waals surface area (Å²) < 4.78 is 0. The lowest BCUT2D eigenvalue weighted by Gasteiger charge is -2.36. The minimum atomic E-state index is 0.203. The Morgan fingerprint density at radius 3 is 2.50 bits per heavy atom. The van der Waals surface area contributed by atoms with Crippen molar-refractivity contribution >= 4 is 22.5 Å². The molecule has 0 N–H and O–H groups in total. The highest BCUT2D eigenvalue weighted by molar-refractivity contribution is 5.92. The Bertz CT molecular complexity index is 710. The molecule has 2 fully saturated rings. The van der Waals surface area contributed by atoms with E-state index in [0.29, 0.717) is 5.91 Å². The van der Waals surface area contributed by atoms with Crippen LogP contribution in [0.3, 0.4) is 0 Å². The lowest BCUT2D eigenvalue weighted by Crippen LogP contribution is -2.44. The molecule has 2 saturated heterocycles. The Hall–Kier alpha value is -2.10. The molecule has 0 unspecified atom stereocenters. The molecule has 0 saturated carbocycles. The number of carbonyl (C=O) groups excluding carboxylic acids is 1. The zero-order valence-corrected chi connectivity index (χ0v) is 14.2. The van der Waals surface area contributed by atoms with E-state index in [9.17, 15) is 4.79 Å². The van der Waals surface area contributed by atoms with E-state index in [2.05, 4.69) is 45.1 Å². The van der Waals surface area contributed by atoms with Gasteiger partial charge in [-0.15, -0.1) is 0 Å². The molecule has 4 nitrogen and oxygen atoms in total. The first-order chi connectivity index (χ1) is 11.8. The van der Waals surface area contributed by atoms with Gasteiger partial charge in [-0.25, -0.2) is 4.98 Å². The number of carbonyl (C=O) groups is 1. The highest BCUT2D eigenvalue weighted by atomic mass is 16.2. The second kappa shape index (κ2) is 6.80. The van der Waals surface area contributed by atoms with Crippen LogP contribution in [-0.2, 0) is 4.79 Å². The average Bonchev–Trinajstić information content (AvgIpc) is 2.68. The van der Waals surface area contributed by atoms with Crippen molar-refractivity contribution in [1.29, 1.82) is 0 Å². The lowest BCUT2D eigenvalue weighted by molar-refractivity contribution is -0.137. The van der Waals surface area contributed by atoms with Crippen molar-refractivity contribution in [2.24, 2.45) is 5.92 Å². The first-order valence-corrected chi connectivity index (χ1v) is 9.20. The first-order valence-electron chi connectivity index (χ1n) is 9.20. The van der Waals surface area contributed by atoms with Crippen molar-refractivity contribution in [3.63, 3.8) is 0 Å². The molecular formula is C20H25N3O. The minimum Gasteiger partial charge on any atom is -0.356 e. The van der Waals surface area contributed by atoms with Crippen LogP contribution >= 0.6 is 0 Å². The molecule has 2 aromatic rings. The van der Waals surface area contributed by atoms with E-state index in [1.807, 2.05) is 6.20 Å². The van der Waals surface area contributed by atoms with E-state index in [1.165, 1.54) is 30.0 Å². The number of likely N-dealkylation sites (tertiary alicyclic amines) is 1. The largest absolute Gasteiger partial charge is 0.356 e. The number of hydrogen-bond donors (Lipinski definition) is 0. The van der Waals surface area contributed by atoms with Gasteiger partial charge in [0.25, 0.3) is 0 Å². The van der Waals surface area contributed by atoms with E-state index >= 15 is 0 Å². The van der Waals surface area contributed by atoms with Crippen molar-refractivity contribution < 1.29 is 4.79 Å². The lowest BCUT2D eigenvalue weighted by atomic mass is 9.94. The normalized spacial score (nSPS) is 19.7. The fourth-order valence-electron chi connectivity index (χ4n) is 4.07. The van der Waals surface area contributed by atoms with Crippen molar-refractivity contribution in [2.45, 2.75) is 32.1 Å². The van der Waals surface area contributed by atoms with Crippen LogP contribution in [0.5, 0.6) is 0 Å². The third kappa shape index (κ3) is 2.97. The van der Waals surface area contributed by atoms with Crippen molar-refractivity contribution in [3.8, 4) is 0 Å². The summed E-state index contributed by atoms with van der Waals surface area (Å²) in [5, 5.41) is 2.44. The Balaban J connectivity index is 1.45. The second-order valence-corrected chi connectivity index (χ2v) is 7.00. The second-order valence-electron chi connectivity index (χ2n) is 7.00. The van der Waals surface area contributed by atoms with Crippen LogP contribution in [0.4, 0.5) is 5.82 Å². The number of pyridine rings is 1. The first kappa shape index (κ1) is 15.4. The molecule has 0 spiro atoms. The quantitative estimate of drug-likeness (QED) is 0.849. The van der Waals surface area contributed by atoms with Gasteiger partial charge >= 0.3 is 0 Å². The van der Waals surface area contributed by atoms with Gasteiger partial charge in [-0.1, -0.05) is 24.3 Å².